The highest BCUT2D eigenvalue weighted by Crippen LogP contribution is 2.28. The number of amides is 1. The van der Waals surface area contributed by atoms with Crippen molar-refractivity contribution >= 4 is 11.7 Å². The molecule has 0 spiro atoms. The minimum absolute atomic E-state index is 0.167. The first-order chi connectivity index (χ1) is 14.3. The van der Waals surface area contributed by atoms with Crippen molar-refractivity contribution in [3.05, 3.63) is 77.2 Å². The molecule has 0 fully saturated rings. The second-order valence-corrected chi connectivity index (χ2v) is 6.30. The van der Waals surface area contributed by atoms with E-state index in [4.69, 9.17) is 11.6 Å². The van der Waals surface area contributed by atoms with Crippen molar-refractivity contribution in [2.45, 2.75) is 40.2 Å². The molecule has 2 aromatic rings. The first-order valence-electron chi connectivity index (χ1n) is 9.52. The van der Waals surface area contributed by atoms with Gasteiger partial charge in [0, 0.05) is 29.7 Å². The predicted octanol–water partition coefficient (Wildman–Crippen LogP) is 3.66. The average Bonchev–Trinajstić information content (AvgIpc) is 2.76. The SMILES string of the molecule is CC.Cc1c(C(=O)N2C=CC(N(N)c3cnccn3)=C(N)C2C)cccc1C(F)F. The highest BCUT2D eigenvalue weighted by atomic mass is 19.3. The third-order valence-corrected chi connectivity index (χ3v) is 4.69. The summed E-state index contributed by atoms with van der Waals surface area (Å²) < 4.78 is 26.3. The van der Waals surface area contributed by atoms with E-state index in [9.17, 15) is 13.6 Å². The van der Waals surface area contributed by atoms with Crippen LogP contribution in [0.2, 0.25) is 0 Å². The van der Waals surface area contributed by atoms with Gasteiger partial charge in [-0.3, -0.25) is 14.8 Å². The Morgan fingerprint density at radius 1 is 1.27 bits per heavy atom. The molecule has 4 N–H and O–H groups in total. The number of carbonyl (C=O) groups is 1. The Hall–Kier alpha value is -3.33. The molecule has 0 saturated carbocycles. The van der Waals surface area contributed by atoms with E-state index in [0.717, 1.165) is 0 Å². The van der Waals surface area contributed by atoms with Crippen molar-refractivity contribution in [3.63, 3.8) is 0 Å². The van der Waals surface area contributed by atoms with Crippen LogP contribution in [0.25, 0.3) is 0 Å². The summed E-state index contributed by atoms with van der Waals surface area (Å²) in [4.78, 5) is 22.5. The average molecular weight is 416 g/mol. The summed E-state index contributed by atoms with van der Waals surface area (Å²) in [6.45, 7) is 7.24. The van der Waals surface area contributed by atoms with Crippen LogP contribution in [-0.2, 0) is 0 Å². The van der Waals surface area contributed by atoms with E-state index < -0.39 is 18.4 Å². The lowest BCUT2D eigenvalue weighted by Crippen LogP contribution is -2.44. The fraction of sp³-hybridized carbons (Fsp3) is 0.286. The molecule has 0 saturated heterocycles. The maximum absolute atomic E-state index is 13.2. The van der Waals surface area contributed by atoms with E-state index in [1.54, 1.807) is 13.0 Å². The number of carbonyl (C=O) groups excluding carboxylic acids is 1. The number of benzene rings is 1. The summed E-state index contributed by atoms with van der Waals surface area (Å²) >= 11 is 0. The molecule has 1 aliphatic heterocycles. The fourth-order valence-electron chi connectivity index (χ4n) is 3.00. The molecule has 9 heteroatoms. The highest BCUT2D eigenvalue weighted by Gasteiger charge is 2.29. The molecule has 1 amide bonds. The van der Waals surface area contributed by atoms with Crippen LogP contribution >= 0.6 is 0 Å². The van der Waals surface area contributed by atoms with Gasteiger partial charge in [0.1, 0.15) is 0 Å². The van der Waals surface area contributed by atoms with Crippen LogP contribution in [-0.4, -0.2) is 26.8 Å². The van der Waals surface area contributed by atoms with Gasteiger partial charge in [-0.15, -0.1) is 0 Å². The summed E-state index contributed by atoms with van der Waals surface area (Å²) in [5.74, 6) is 6.05. The molecule has 3 rings (SSSR count). The predicted molar refractivity (Wildman–Crippen MR) is 112 cm³/mol. The monoisotopic (exact) mass is 416 g/mol. The number of halogens is 2. The van der Waals surface area contributed by atoms with Crippen molar-refractivity contribution in [3.8, 4) is 0 Å². The van der Waals surface area contributed by atoms with Gasteiger partial charge in [-0.05, 0) is 31.6 Å². The fourth-order valence-corrected chi connectivity index (χ4v) is 3.00. The molecule has 1 aromatic heterocycles. The Labute approximate surface area is 174 Å². The third kappa shape index (κ3) is 4.46. The Balaban J connectivity index is 0.00000155. The summed E-state index contributed by atoms with van der Waals surface area (Å²) in [5.41, 5.74) is 7.31. The van der Waals surface area contributed by atoms with Gasteiger partial charge in [0.15, 0.2) is 5.82 Å². The minimum Gasteiger partial charge on any atom is -0.399 e. The Bertz CT molecular complexity index is 946. The lowest BCUT2D eigenvalue weighted by atomic mass is 10.00. The third-order valence-electron chi connectivity index (χ3n) is 4.69. The van der Waals surface area contributed by atoms with Crippen LogP contribution in [0.1, 0.15) is 48.7 Å². The molecule has 7 nitrogen and oxygen atoms in total. The zero-order chi connectivity index (χ0) is 22.4. The van der Waals surface area contributed by atoms with E-state index in [2.05, 4.69) is 9.97 Å². The van der Waals surface area contributed by atoms with E-state index >= 15 is 0 Å². The number of allylic oxidation sites excluding steroid dienone is 1. The molecule has 1 aliphatic rings. The van der Waals surface area contributed by atoms with Gasteiger partial charge in [0.05, 0.1) is 23.6 Å². The standard InChI is InChI=1S/C19H20F2N6O.C2H6/c1-11-13(18(20)21)4-3-5-14(11)19(28)26-9-6-15(17(22)12(26)2)27(23)16-10-24-7-8-25-16;1-2/h3-10,12,18H,22-23H2,1-2H3;1-2H3. The summed E-state index contributed by atoms with van der Waals surface area (Å²) in [5, 5.41) is 1.28. The second kappa shape index (κ2) is 9.93. The normalized spacial score (nSPS) is 15.7. The largest absolute Gasteiger partial charge is 0.399 e. The molecule has 0 bridgehead atoms. The number of nitrogens with zero attached hydrogens (tertiary/aromatic N) is 4. The maximum Gasteiger partial charge on any atom is 0.264 e. The maximum atomic E-state index is 13.2. The van der Waals surface area contributed by atoms with Crippen molar-refractivity contribution in [2.75, 3.05) is 5.01 Å². The van der Waals surface area contributed by atoms with Gasteiger partial charge in [-0.1, -0.05) is 26.0 Å². The summed E-state index contributed by atoms with van der Waals surface area (Å²) in [6, 6.07) is 3.74. The van der Waals surface area contributed by atoms with E-state index in [0.29, 0.717) is 17.2 Å². The quantitative estimate of drug-likeness (QED) is 0.583. The summed E-state index contributed by atoms with van der Waals surface area (Å²) in [7, 11) is 0. The zero-order valence-corrected chi connectivity index (χ0v) is 17.4. The van der Waals surface area contributed by atoms with Crippen molar-refractivity contribution in [2.24, 2.45) is 11.6 Å². The van der Waals surface area contributed by atoms with E-state index in [-0.39, 0.29) is 16.7 Å². The molecular weight excluding hydrogens is 390 g/mol. The van der Waals surface area contributed by atoms with Crippen LogP contribution in [0.15, 0.2) is 60.5 Å². The number of aromatic nitrogens is 2. The molecule has 1 unspecified atom stereocenters. The number of rotatable bonds is 4. The number of nitrogens with two attached hydrogens (primary N) is 2. The lowest BCUT2D eigenvalue weighted by Gasteiger charge is -2.33. The van der Waals surface area contributed by atoms with Gasteiger partial charge in [-0.25, -0.2) is 19.6 Å². The van der Waals surface area contributed by atoms with Crippen molar-refractivity contribution < 1.29 is 13.6 Å². The molecule has 30 heavy (non-hydrogen) atoms. The molecule has 1 atom stereocenters. The molecule has 0 aliphatic carbocycles. The molecule has 2 heterocycles. The molecule has 0 radical (unpaired) electrons. The van der Waals surface area contributed by atoms with Crippen molar-refractivity contribution in [1.29, 1.82) is 0 Å². The molecule has 160 valence electrons. The zero-order valence-electron chi connectivity index (χ0n) is 17.4. The number of alkyl halides is 2. The Kier molecular flexibility index (Phi) is 7.60. The molecule has 1 aromatic carbocycles. The topological polar surface area (TPSA) is 101 Å². The van der Waals surface area contributed by atoms with Gasteiger partial charge in [-0.2, -0.15) is 0 Å². The Morgan fingerprint density at radius 3 is 2.57 bits per heavy atom. The first kappa shape index (κ1) is 23.0. The lowest BCUT2D eigenvalue weighted by molar-refractivity contribution is 0.0790. The highest BCUT2D eigenvalue weighted by molar-refractivity contribution is 5.97. The minimum atomic E-state index is -2.66. The van der Waals surface area contributed by atoms with Crippen LogP contribution in [0.3, 0.4) is 0 Å². The number of anilines is 1. The van der Waals surface area contributed by atoms with Gasteiger partial charge >= 0.3 is 0 Å². The van der Waals surface area contributed by atoms with Gasteiger partial charge in [0.25, 0.3) is 12.3 Å². The molecular formula is C21H26F2N6O. The first-order valence-corrected chi connectivity index (χ1v) is 9.52. The van der Waals surface area contributed by atoms with Crippen LogP contribution < -0.4 is 16.6 Å². The van der Waals surface area contributed by atoms with Gasteiger partial charge in [0.2, 0.25) is 0 Å². The van der Waals surface area contributed by atoms with Crippen molar-refractivity contribution in [1.82, 2.24) is 14.9 Å². The van der Waals surface area contributed by atoms with Crippen LogP contribution in [0.5, 0.6) is 0 Å². The van der Waals surface area contributed by atoms with Crippen LogP contribution in [0.4, 0.5) is 14.6 Å². The number of hydrogen-bond donors (Lipinski definition) is 2. The Morgan fingerprint density at radius 2 is 1.97 bits per heavy atom. The van der Waals surface area contributed by atoms with Crippen LogP contribution in [0, 0.1) is 6.92 Å². The summed E-state index contributed by atoms with van der Waals surface area (Å²) in [6.07, 6.45) is 4.95. The van der Waals surface area contributed by atoms with E-state index in [1.165, 1.54) is 59.8 Å². The van der Waals surface area contributed by atoms with E-state index in [1.807, 2.05) is 13.8 Å². The second-order valence-electron chi connectivity index (χ2n) is 6.30. The van der Waals surface area contributed by atoms with Gasteiger partial charge < -0.3 is 10.6 Å². The number of hydrazine groups is 1. The smallest absolute Gasteiger partial charge is 0.264 e. The number of hydrogen-bond acceptors (Lipinski definition) is 6.